The Morgan fingerprint density at radius 3 is 2.48 bits per heavy atom. The van der Waals surface area contributed by atoms with Gasteiger partial charge in [-0.05, 0) is 30.2 Å². The van der Waals surface area contributed by atoms with Gasteiger partial charge in [-0.2, -0.15) is 0 Å². The molecule has 5 heteroatoms. The minimum Gasteiger partial charge on any atom is -0.368 e. The van der Waals surface area contributed by atoms with E-state index in [-0.39, 0.29) is 12.3 Å². The standard InChI is InChI=1S/C18H19FN2O2/c1-12-4-2-5-13(8-12)10-16(18(20)23)21-17(22)11-14-6-3-7-15(19)9-14/h2-9,16H,10-11H2,1H3,(H2,20,23)(H,21,22)/t16-/m1/s1. The summed E-state index contributed by atoms with van der Waals surface area (Å²) < 4.78 is 13.1. The highest BCUT2D eigenvalue weighted by Crippen LogP contribution is 2.08. The number of benzene rings is 2. The highest BCUT2D eigenvalue weighted by Gasteiger charge is 2.18. The maximum atomic E-state index is 13.1. The fourth-order valence-corrected chi connectivity index (χ4v) is 2.38. The molecule has 2 aromatic carbocycles. The van der Waals surface area contributed by atoms with Crippen LogP contribution in [0.25, 0.3) is 0 Å². The smallest absolute Gasteiger partial charge is 0.240 e. The van der Waals surface area contributed by atoms with Crippen LogP contribution in [0.2, 0.25) is 0 Å². The molecule has 0 aliphatic carbocycles. The van der Waals surface area contributed by atoms with Crippen LogP contribution in [0.5, 0.6) is 0 Å². The average molecular weight is 314 g/mol. The van der Waals surface area contributed by atoms with E-state index in [0.29, 0.717) is 12.0 Å². The Bertz CT molecular complexity index is 716. The fraction of sp³-hybridized carbons (Fsp3) is 0.222. The fourth-order valence-electron chi connectivity index (χ4n) is 2.38. The number of amides is 2. The third-order valence-electron chi connectivity index (χ3n) is 3.45. The van der Waals surface area contributed by atoms with E-state index < -0.39 is 17.8 Å². The molecule has 0 heterocycles. The summed E-state index contributed by atoms with van der Waals surface area (Å²) in [6.45, 7) is 1.95. The van der Waals surface area contributed by atoms with Crippen LogP contribution in [-0.2, 0) is 22.4 Å². The lowest BCUT2D eigenvalue weighted by Crippen LogP contribution is -2.46. The van der Waals surface area contributed by atoms with E-state index in [2.05, 4.69) is 5.32 Å². The summed E-state index contributed by atoms with van der Waals surface area (Å²) >= 11 is 0. The van der Waals surface area contributed by atoms with Crippen molar-refractivity contribution in [2.24, 2.45) is 5.73 Å². The van der Waals surface area contributed by atoms with Gasteiger partial charge in [-0.15, -0.1) is 0 Å². The number of nitrogens with one attached hydrogen (secondary N) is 1. The molecule has 2 aromatic rings. The molecular weight excluding hydrogens is 295 g/mol. The van der Waals surface area contributed by atoms with Crippen molar-refractivity contribution in [3.63, 3.8) is 0 Å². The molecule has 4 nitrogen and oxygen atoms in total. The van der Waals surface area contributed by atoms with Crippen LogP contribution in [0.4, 0.5) is 4.39 Å². The second-order valence-electron chi connectivity index (χ2n) is 5.52. The van der Waals surface area contributed by atoms with Crippen LogP contribution in [0.1, 0.15) is 16.7 Å². The summed E-state index contributed by atoms with van der Waals surface area (Å²) in [5, 5.41) is 2.62. The van der Waals surface area contributed by atoms with Crippen LogP contribution in [0.3, 0.4) is 0 Å². The number of halogens is 1. The highest BCUT2D eigenvalue weighted by atomic mass is 19.1. The quantitative estimate of drug-likeness (QED) is 0.854. The summed E-state index contributed by atoms with van der Waals surface area (Å²) in [6.07, 6.45) is 0.321. The van der Waals surface area contributed by atoms with E-state index in [0.717, 1.165) is 11.1 Å². The maximum absolute atomic E-state index is 13.1. The molecule has 120 valence electrons. The SMILES string of the molecule is Cc1cccc(C[C@@H](NC(=O)Cc2cccc(F)c2)C(N)=O)c1. The van der Waals surface area contributed by atoms with Gasteiger partial charge in [0.05, 0.1) is 6.42 Å². The van der Waals surface area contributed by atoms with Gasteiger partial charge in [0.2, 0.25) is 11.8 Å². The third-order valence-corrected chi connectivity index (χ3v) is 3.45. The van der Waals surface area contributed by atoms with Gasteiger partial charge in [0.15, 0.2) is 0 Å². The lowest BCUT2D eigenvalue weighted by atomic mass is 10.0. The van der Waals surface area contributed by atoms with Gasteiger partial charge < -0.3 is 11.1 Å². The van der Waals surface area contributed by atoms with E-state index in [9.17, 15) is 14.0 Å². The molecule has 0 bridgehead atoms. The Balaban J connectivity index is 2.01. The van der Waals surface area contributed by atoms with Gasteiger partial charge in [0.25, 0.3) is 0 Å². The second-order valence-corrected chi connectivity index (χ2v) is 5.52. The lowest BCUT2D eigenvalue weighted by Gasteiger charge is -2.16. The van der Waals surface area contributed by atoms with Crippen molar-refractivity contribution in [3.05, 3.63) is 71.0 Å². The molecule has 0 saturated heterocycles. The molecule has 1 atom stereocenters. The van der Waals surface area contributed by atoms with E-state index >= 15 is 0 Å². The minimum atomic E-state index is -0.794. The number of hydrogen-bond donors (Lipinski definition) is 2. The molecule has 0 fully saturated rings. The van der Waals surface area contributed by atoms with Crippen molar-refractivity contribution in [1.29, 1.82) is 0 Å². The molecule has 2 rings (SSSR count). The highest BCUT2D eigenvalue weighted by molar-refractivity contribution is 5.87. The van der Waals surface area contributed by atoms with E-state index in [4.69, 9.17) is 5.73 Å². The number of rotatable bonds is 6. The van der Waals surface area contributed by atoms with E-state index in [1.807, 2.05) is 31.2 Å². The van der Waals surface area contributed by atoms with Crippen LogP contribution in [0, 0.1) is 12.7 Å². The minimum absolute atomic E-state index is 0.00461. The number of carbonyl (C=O) groups excluding carboxylic acids is 2. The number of hydrogen-bond acceptors (Lipinski definition) is 2. The second kappa shape index (κ2) is 7.54. The summed E-state index contributed by atoms with van der Waals surface area (Å²) in [4.78, 5) is 23.6. The summed E-state index contributed by atoms with van der Waals surface area (Å²) in [5.74, 6) is -1.37. The van der Waals surface area contributed by atoms with Crippen molar-refractivity contribution in [1.82, 2.24) is 5.32 Å². The molecule has 0 unspecified atom stereocenters. The van der Waals surface area contributed by atoms with E-state index in [1.54, 1.807) is 6.07 Å². The molecule has 0 aromatic heterocycles. The molecule has 3 N–H and O–H groups in total. The number of carbonyl (C=O) groups is 2. The number of nitrogens with two attached hydrogens (primary N) is 1. The van der Waals surface area contributed by atoms with Crippen molar-refractivity contribution in [3.8, 4) is 0 Å². The first-order valence-electron chi connectivity index (χ1n) is 7.32. The van der Waals surface area contributed by atoms with Crippen LogP contribution >= 0.6 is 0 Å². The first-order chi connectivity index (χ1) is 10.9. The van der Waals surface area contributed by atoms with Crippen molar-refractivity contribution < 1.29 is 14.0 Å². The molecule has 0 spiro atoms. The van der Waals surface area contributed by atoms with Gasteiger partial charge >= 0.3 is 0 Å². The number of primary amides is 1. The Kier molecular flexibility index (Phi) is 5.46. The maximum Gasteiger partial charge on any atom is 0.240 e. The van der Waals surface area contributed by atoms with Gasteiger partial charge in [0, 0.05) is 6.42 Å². The van der Waals surface area contributed by atoms with Crippen molar-refractivity contribution >= 4 is 11.8 Å². The summed E-state index contributed by atoms with van der Waals surface area (Å²) in [6, 6.07) is 12.7. The lowest BCUT2D eigenvalue weighted by molar-refractivity contribution is -0.127. The zero-order valence-electron chi connectivity index (χ0n) is 12.9. The van der Waals surface area contributed by atoms with Crippen molar-refractivity contribution in [2.45, 2.75) is 25.8 Å². The molecule has 0 saturated carbocycles. The molecule has 0 aliphatic heterocycles. The van der Waals surface area contributed by atoms with Crippen molar-refractivity contribution in [2.75, 3.05) is 0 Å². The Labute approximate surface area is 134 Å². The predicted octanol–water partition coefficient (Wildman–Crippen LogP) is 1.89. The molecular formula is C18H19FN2O2. The van der Waals surface area contributed by atoms with Gasteiger partial charge in [-0.3, -0.25) is 9.59 Å². The van der Waals surface area contributed by atoms with Gasteiger partial charge in [-0.1, -0.05) is 42.0 Å². The Morgan fingerprint density at radius 2 is 1.83 bits per heavy atom. The molecule has 2 amide bonds. The average Bonchev–Trinajstić information content (AvgIpc) is 2.46. The van der Waals surface area contributed by atoms with Gasteiger partial charge in [0.1, 0.15) is 11.9 Å². The predicted molar refractivity (Wildman–Crippen MR) is 86.1 cm³/mol. The number of aryl methyl sites for hydroxylation is 1. The van der Waals surface area contributed by atoms with E-state index in [1.165, 1.54) is 18.2 Å². The first-order valence-corrected chi connectivity index (χ1v) is 7.32. The normalized spacial score (nSPS) is 11.7. The molecule has 23 heavy (non-hydrogen) atoms. The monoisotopic (exact) mass is 314 g/mol. The Hall–Kier alpha value is -2.69. The summed E-state index contributed by atoms with van der Waals surface area (Å²) in [5.41, 5.74) is 7.90. The van der Waals surface area contributed by atoms with Crippen LogP contribution < -0.4 is 11.1 Å². The Morgan fingerprint density at radius 1 is 1.13 bits per heavy atom. The largest absolute Gasteiger partial charge is 0.368 e. The van der Waals surface area contributed by atoms with Crippen LogP contribution in [-0.4, -0.2) is 17.9 Å². The zero-order chi connectivity index (χ0) is 16.8. The van der Waals surface area contributed by atoms with Gasteiger partial charge in [-0.25, -0.2) is 4.39 Å². The third kappa shape index (κ3) is 5.21. The topological polar surface area (TPSA) is 72.2 Å². The molecule has 0 radical (unpaired) electrons. The van der Waals surface area contributed by atoms with Crippen LogP contribution in [0.15, 0.2) is 48.5 Å². The first kappa shape index (κ1) is 16.7. The summed E-state index contributed by atoms with van der Waals surface area (Å²) in [7, 11) is 0. The molecule has 0 aliphatic rings. The zero-order valence-corrected chi connectivity index (χ0v) is 12.9.